The van der Waals surface area contributed by atoms with Gasteiger partial charge in [-0.05, 0) is 23.3 Å². The van der Waals surface area contributed by atoms with Crippen LogP contribution in [0.25, 0.3) is 0 Å². The van der Waals surface area contributed by atoms with Crippen LogP contribution >= 0.6 is 24.2 Å². The van der Waals surface area contributed by atoms with Crippen molar-refractivity contribution in [3.8, 4) is 0 Å². The summed E-state index contributed by atoms with van der Waals surface area (Å²) in [5.41, 5.74) is 6.97. The molecule has 0 spiro atoms. The van der Waals surface area contributed by atoms with Gasteiger partial charge < -0.3 is 10.8 Å². The lowest BCUT2D eigenvalue weighted by Crippen LogP contribution is -2.03. The maximum Gasteiger partial charge on any atom is 0.129 e. The second-order valence-corrected chi connectivity index (χ2v) is 4.84. The summed E-state index contributed by atoms with van der Waals surface area (Å²) in [5.74, 6) is 0. The number of hydrogen-bond donors (Lipinski definition) is 2. The van der Waals surface area contributed by atoms with Crippen LogP contribution in [0.5, 0.6) is 0 Å². The first kappa shape index (κ1) is 15.1. The fraction of sp³-hybridized carbons (Fsp3) is 0.143. The molecule has 1 unspecified atom stereocenters. The Morgan fingerprint density at radius 3 is 2.28 bits per heavy atom. The molecule has 0 radical (unpaired) electrons. The fourth-order valence-corrected chi connectivity index (χ4v) is 2.58. The molecule has 1 atom stereocenters. The van der Waals surface area contributed by atoms with Gasteiger partial charge in [0.25, 0.3) is 0 Å². The van der Waals surface area contributed by atoms with Gasteiger partial charge in [0.15, 0.2) is 0 Å². The zero-order valence-corrected chi connectivity index (χ0v) is 11.5. The van der Waals surface area contributed by atoms with Crippen LogP contribution in [0.2, 0.25) is 0 Å². The van der Waals surface area contributed by atoms with Crippen molar-refractivity contribution in [3.05, 3.63) is 65.7 Å². The molecular weight excluding hydrogens is 266 g/mol. The van der Waals surface area contributed by atoms with Crippen molar-refractivity contribution in [2.75, 3.05) is 0 Å². The van der Waals surface area contributed by atoms with E-state index in [0.717, 1.165) is 16.0 Å². The van der Waals surface area contributed by atoms with Gasteiger partial charge in [0, 0.05) is 11.4 Å². The van der Waals surface area contributed by atoms with Crippen LogP contribution in [0.1, 0.15) is 16.6 Å². The van der Waals surface area contributed by atoms with E-state index >= 15 is 0 Å². The highest BCUT2D eigenvalue weighted by atomic mass is 35.5. The summed E-state index contributed by atoms with van der Waals surface area (Å²) in [5, 5.41) is 10.2. The lowest BCUT2D eigenvalue weighted by molar-refractivity contribution is 0.269. The Labute approximate surface area is 118 Å². The SMILES string of the molecule is Cl.NCc1ccccc1C(O)Sc1ccccc1. The van der Waals surface area contributed by atoms with E-state index in [-0.39, 0.29) is 12.4 Å². The quantitative estimate of drug-likeness (QED) is 0.667. The summed E-state index contributed by atoms with van der Waals surface area (Å²) in [6, 6.07) is 17.6. The number of aliphatic hydroxyl groups excluding tert-OH is 1. The Balaban J connectivity index is 0.00000162. The molecule has 0 aliphatic heterocycles. The third kappa shape index (κ3) is 3.75. The summed E-state index contributed by atoms with van der Waals surface area (Å²) in [6.45, 7) is 0.447. The van der Waals surface area contributed by atoms with E-state index < -0.39 is 5.44 Å². The molecule has 4 heteroatoms. The average Bonchev–Trinajstić information content (AvgIpc) is 2.40. The first-order chi connectivity index (χ1) is 8.31. The highest BCUT2D eigenvalue weighted by Gasteiger charge is 2.12. The molecule has 0 saturated heterocycles. The predicted molar refractivity (Wildman–Crippen MR) is 78.8 cm³/mol. The van der Waals surface area contributed by atoms with Gasteiger partial charge in [-0.15, -0.1) is 12.4 Å². The minimum atomic E-state index is -0.572. The third-order valence-corrected chi connectivity index (χ3v) is 3.55. The molecule has 0 aromatic heterocycles. The Kier molecular flexibility index (Phi) is 6.22. The smallest absolute Gasteiger partial charge is 0.129 e. The molecule has 0 amide bonds. The van der Waals surface area contributed by atoms with Gasteiger partial charge in [-0.1, -0.05) is 54.2 Å². The van der Waals surface area contributed by atoms with Crippen molar-refractivity contribution >= 4 is 24.2 Å². The first-order valence-electron chi connectivity index (χ1n) is 5.49. The molecule has 0 aliphatic carbocycles. The number of benzene rings is 2. The zero-order chi connectivity index (χ0) is 12.1. The van der Waals surface area contributed by atoms with Crippen LogP contribution in [0.15, 0.2) is 59.5 Å². The molecule has 96 valence electrons. The van der Waals surface area contributed by atoms with Crippen LogP contribution in [-0.4, -0.2) is 5.11 Å². The molecule has 2 aromatic carbocycles. The predicted octanol–water partition coefficient (Wildman–Crippen LogP) is 3.35. The molecular formula is C14H16ClNOS. The lowest BCUT2D eigenvalue weighted by Gasteiger charge is -2.14. The number of nitrogens with two attached hydrogens (primary N) is 1. The summed E-state index contributed by atoms with van der Waals surface area (Å²) < 4.78 is 0. The summed E-state index contributed by atoms with van der Waals surface area (Å²) in [6.07, 6.45) is 0. The summed E-state index contributed by atoms with van der Waals surface area (Å²) in [7, 11) is 0. The van der Waals surface area contributed by atoms with Crippen LogP contribution in [0, 0.1) is 0 Å². The molecule has 3 N–H and O–H groups in total. The molecule has 0 heterocycles. The van der Waals surface area contributed by atoms with Gasteiger partial charge in [0.1, 0.15) is 5.44 Å². The van der Waals surface area contributed by atoms with Crippen molar-refractivity contribution in [1.82, 2.24) is 0 Å². The van der Waals surface area contributed by atoms with Crippen molar-refractivity contribution < 1.29 is 5.11 Å². The van der Waals surface area contributed by atoms with Crippen LogP contribution in [-0.2, 0) is 6.54 Å². The molecule has 2 aromatic rings. The number of rotatable bonds is 4. The number of halogens is 1. The largest absolute Gasteiger partial charge is 0.378 e. The van der Waals surface area contributed by atoms with E-state index in [9.17, 15) is 5.11 Å². The zero-order valence-electron chi connectivity index (χ0n) is 9.82. The highest BCUT2D eigenvalue weighted by Crippen LogP contribution is 2.34. The number of thioether (sulfide) groups is 1. The Morgan fingerprint density at radius 1 is 1.00 bits per heavy atom. The van der Waals surface area contributed by atoms with Gasteiger partial charge in [-0.3, -0.25) is 0 Å². The average molecular weight is 282 g/mol. The second-order valence-electron chi connectivity index (χ2n) is 3.69. The Bertz CT molecular complexity index is 478. The summed E-state index contributed by atoms with van der Waals surface area (Å²) >= 11 is 1.43. The minimum Gasteiger partial charge on any atom is -0.378 e. The van der Waals surface area contributed by atoms with Crippen LogP contribution < -0.4 is 5.73 Å². The molecule has 0 bridgehead atoms. The molecule has 0 fully saturated rings. The Morgan fingerprint density at radius 2 is 1.61 bits per heavy atom. The van der Waals surface area contributed by atoms with Crippen LogP contribution in [0.3, 0.4) is 0 Å². The van der Waals surface area contributed by atoms with E-state index in [2.05, 4.69) is 0 Å². The maximum absolute atomic E-state index is 10.2. The topological polar surface area (TPSA) is 46.2 Å². The molecule has 2 nitrogen and oxygen atoms in total. The van der Waals surface area contributed by atoms with Crippen LogP contribution in [0.4, 0.5) is 0 Å². The first-order valence-corrected chi connectivity index (χ1v) is 6.37. The highest BCUT2D eigenvalue weighted by molar-refractivity contribution is 7.99. The summed E-state index contributed by atoms with van der Waals surface area (Å²) in [4.78, 5) is 1.05. The minimum absolute atomic E-state index is 0. The lowest BCUT2D eigenvalue weighted by atomic mass is 10.1. The van der Waals surface area contributed by atoms with Gasteiger partial charge in [-0.25, -0.2) is 0 Å². The molecule has 18 heavy (non-hydrogen) atoms. The molecule has 2 rings (SSSR count). The molecule has 0 saturated carbocycles. The number of hydrogen-bond acceptors (Lipinski definition) is 3. The van der Waals surface area contributed by atoms with E-state index in [1.54, 1.807) is 0 Å². The normalized spacial score (nSPS) is 11.7. The van der Waals surface area contributed by atoms with Gasteiger partial charge in [0.05, 0.1) is 0 Å². The van der Waals surface area contributed by atoms with Crippen molar-refractivity contribution in [1.29, 1.82) is 0 Å². The van der Waals surface area contributed by atoms with Gasteiger partial charge in [0.2, 0.25) is 0 Å². The van der Waals surface area contributed by atoms with E-state index in [1.165, 1.54) is 11.8 Å². The number of aliphatic hydroxyl groups is 1. The van der Waals surface area contributed by atoms with Crippen molar-refractivity contribution in [3.63, 3.8) is 0 Å². The second kappa shape index (κ2) is 7.44. The molecule has 0 aliphatic rings. The van der Waals surface area contributed by atoms with E-state index in [4.69, 9.17) is 5.73 Å². The van der Waals surface area contributed by atoms with Crippen molar-refractivity contribution in [2.24, 2.45) is 5.73 Å². The third-order valence-electron chi connectivity index (χ3n) is 2.53. The van der Waals surface area contributed by atoms with E-state index in [0.29, 0.717) is 6.54 Å². The maximum atomic E-state index is 10.2. The Hall–Kier alpha value is -1.00. The van der Waals surface area contributed by atoms with Crippen molar-refractivity contribution in [2.45, 2.75) is 16.9 Å². The monoisotopic (exact) mass is 281 g/mol. The standard InChI is InChI=1S/C14H15NOS.ClH/c15-10-11-6-4-5-9-13(11)14(16)17-12-7-2-1-3-8-12;/h1-9,14,16H,10,15H2;1H. The van der Waals surface area contributed by atoms with E-state index in [1.807, 2.05) is 54.6 Å². The van der Waals surface area contributed by atoms with Gasteiger partial charge in [-0.2, -0.15) is 0 Å². The fourth-order valence-electron chi connectivity index (χ4n) is 1.65. The van der Waals surface area contributed by atoms with Gasteiger partial charge >= 0.3 is 0 Å².